The van der Waals surface area contributed by atoms with Gasteiger partial charge in [-0.2, -0.15) is 0 Å². The molecule has 0 saturated heterocycles. The van der Waals surface area contributed by atoms with Crippen molar-refractivity contribution in [2.45, 2.75) is 26.2 Å². The maximum Gasteiger partial charge on any atom is 0.123 e. The third-order valence-corrected chi connectivity index (χ3v) is 3.48. The highest BCUT2D eigenvalue weighted by atomic mass is 35.5. The first-order valence-corrected chi connectivity index (χ1v) is 7.56. The molecule has 0 unspecified atom stereocenters. The van der Waals surface area contributed by atoms with Crippen LogP contribution in [0.2, 0.25) is 5.02 Å². The van der Waals surface area contributed by atoms with Gasteiger partial charge in [0.15, 0.2) is 0 Å². The van der Waals surface area contributed by atoms with Crippen LogP contribution in [0.3, 0.4) is 0 Å². The van der Waals surface area contributed by atoms with E-state index in [-0.39, 0.29) is 5.41 Å². The van der Waals surface area contributed by atoms with E-state index in [4.69, 9.17) is 16.3 Å². The van der Waals surface area contributed by atoms with Gasteiger partial charge in [0.05, 0.1) is 0 Å². The lowest BCUT2D eigenvalue weighted by atomic mass is 9.86. The molecule has 2 rings (SSSR count). The van der Waals surface area contributed by atoms with Gasteiger partial charge in [0.2, 0.25) is 0 Å². The van der Waals surface area contributed by atoms with Crippen molar-refractivity contribution in [1.29, 1.82) is 0 Å². The van der Waals surface area contributed by atoms with Gasteiger partial charge in [0, 0.05) is 17.3 Å². The summed E-state index contributed by atoms with van der Waals surface area (Å²) in [5.41, 5.74) is 2.36. The molecule has 0 fully saturated rings. The van der Waals surface area contributed by atoms with Gasteiger partial charge < -0.3 is 10.1 Å². The van der Waals surface area contributed by atoms with Crippen LogP contribution in [0.25, 0.3) is 0 Å². The van der Waals surface area contributed by atoms with Crippen LogP contribution in [0.5, 0.6) is 5.75 Å². The van der Waals surface area contributed by atoms with Crippen molar-refractivity contribution in [1.82, 2.24) is 0 Å². The Kier molecular flexibility index (Phi) is 5.13. The van der Waals surface area contributed by atoms with Crippen molar-refractivity contribution in [2.75, 3.05) is 18.5 Å². The zero-order chi connectivity index (χ0) is 15.3. The molecule has 112 valence electrons. The summed E-state index contributed by atoms with van der Waals surface area (Å²) < 4.78 is 5.92. The summed E-state index contributed by atoms with van der Waals surface area (Å²) in [5, 5.41) is 4.06. The highest BCUT2D eigenvalue weighted by Gasteiger charge is 2.18. The van der Waals surface area contributed by atoms with Crippen LogP contribution in [0, 0.1) is 0 Å². The standard InChI is InChI=1S/C18H22ClNO/c1-18(2,3)16-6-4-5-7-17(16)21-13-12-20-15-10-8-14(19)9-11-15/h4-11,20H,12-13H2,1-3H3. The number of para-hydroxylation sites is 1. The Labute approximate surface area is 132 Å². The molecule has 2 aromatic carbocycles. The molecule has 0 aromatic heterocycles. The highest BCUT2D eigenvalue weighted by molar-refractivity contribution is 6.30. The van der Waals surface area contributed by atoms with Gasteiger partial charge in [-0.1, -0.05) is 50.6 Å². The number of hydrogen-bond donors (Lipinski definition) is 1. The van der Waals surface area contributed by atoms with Crippen LogP contribution in [0.4, 0.5) is 5.69 Å². The number of benzene rings is 2. The van der Waals surface area contributed by atoms with E-state index in [9.17, 15) is 0 Å². The van der Waals surface area contributed by atoms with Crippen molar-refractivity contribution in [2.24, 2.45) is 0 Å². The van der Waals surface area contributed by atoms with Crippen molar-refractivity contribution in [3.63, 3.8) is 0 Å². The molecule has 3 heteroatoms. The van der Waals surface area contributed by atoms with Crippen molar-refractivity contribution in [3.05, 3.63) is 59.1 Å². The second-order valence-corrected chi connectivity index (χ2v) is 6.46. The normalized spacial score (nSPS) is 11.2. The van der Waals surface area contributed by atoms with E-state index in [1.165, 1.54) is 5.56 Å². The molecular formula is C18H22ClNO. The van der Waals surface area contributed by atoms with Gasteiger partial charge in [-0.15, -0.1) is 0 Å². The molecular weight excluding hydrogens is 282 g/mol. The predicted octanol–water partition coefficient (Wildman–Crippen LogP) is 5.13. The Bertz CT molecular complexity index is 573. The fourth-order valence-electron chi connectivity index (χ4n) is 2.14. The van der Waals surface area contributed by atoms with Gasteiger partial charge in [0.25, 0.3) is 0 Å². The Morgan fingerprint density at radius 1 is 1.00 bits per heavy atom. The Morgan fingerprint density at radius 2 is 1.67 bits per heavy atom. The van der Waals surface area contributed by atoms with E-state index in [1.54, 1.807) is 0 Å². The largest absolute Gasteiger partial charge is 0.491 e. The molecule has 2 nitrogen and oxygen atoms in total. The van der Waals surface area contributed by atoms with Gasteiger partial charge in [-0.05, 0) is 41.3 Å². The Morgan fingerprint density at radius 3 is 2.33 bits per heavy atom. The zero-order valence-corrected chi connectivity index (χ0v) is 13.6. The maximum atomic E-state index is 5.92. The molecule has 0 amide bonds. The van der Waals surface area contributed by atoms with Gasteiger partial charge in [-0.25, -0.2) is 0 Å². The summed E-state index contributed by atoms with van der Waals surface area (Å²) in [6.07, 6.45) is 0. The van der Waals surface area contributed by atoms with E-state index >= 15 is 0 Å². The minimum Gasteiger partial charge on any atom is -0.491 e. The monoisotopic (exact) mass is 303 g/mol. The molecule has 0 spiro atoms. The van der Waals surface area contributed by atoms with E-state index < -0.39 is 0 Å². The fraction of sp³-hybridized carbons (Fsp3) is 0.333. The van der Waals surface area contributed by atoms with Crippen LogP contribution < -0.4 is 10.1 Å². The van der Waals surface area contributed by atoms with E-state index in [0.29, 0.717) is 6.61 Å². The van der Waals surface area contributed by atoms with E-state index in [0.717, 1.165) is 23.0 Å². The molecule has 0 aliphatic rings. The topological polar surface area (TPSA) is 21.3 Å². The molecule has 0 aliphatic carbocycles. The van der Waals surface area contributed by atoms with Crippen LogP contribution in [-0.2, 0) is 5.41 Å². The Balaban J connectivity index is 1.88. The second kappa shape index (κ2) is 6.86. The van der Waals surface area contributed by atoms with Crippen LogP contribution in [0.15, 0.2) is 48.5 Å². The smallest absolute Gasteiger partial charge is 0.123 e. The lowest BCUT2D eigenvalue weighted by molar-refractivity contribution is 0.323. The first kappa shape index (κ1) is 15.7. The summed E-state index contributed by atoms with van der Waals surface area (Å²) in [6, 6.07) is 15.9. The van der Waals surface area contributed by atoms with Crippen molar-refractivity contribution in [3.8, 4) is 5.75 Å². The third kappa shape index (κ3) is 4.68. The molecule has 21 heavy (non-hydrogen) atoms. The quantitative estimate of drug-likeness (QED) is 0.773. The van der Waals surface area contributed by atoms with E-state index in [2.05, 4.69) is 38.2 Å². The predicted molar refractivity (Wildman–Crippen MR) is 90.6 cm³/mol. The maximum absolute atomic E-state index is 5.92. The molecule has 0 aliphatic heterocycles. The third-order valence-electron chi connectivity index (χ3n) is 3.23. The number of anilines is 1. The van der Waals surface area contributed by atoms with Crippen molar-refractivity contribution < 1.29 is 4.74 Å². The molecule has 0 saturated carbocycles. The number of hydrogen-bond acceptors (Lipinski definition) is 2. The molecule has 0 radical (unpaired) electrons. The average Bonchev–Trinajstić information content (AvgIpc) is 2.45. The minimum atomic E-state index is 0.0835. The summed E-state index contributed by atoms with van der Waals surface area (Å²) in [6.45, 7) is 7.96. The second-order valence-electron chi connectivity index (χ2n) is 6.03. The number of rotatable bonds is 5. The van der Waals surface area contributed by atoms with Crippen molar-refractivity contribution >= 4 is 17.3 Å². The van der Waals surface area contributed by atoms with Crippen LogP contribution in [0.1, 0.15) is 26.3 Å². The molecule has 1 N–H and O–H groups in total. The Hall–Kier alpha value is -1.67. The van der Waals surface area contributed by atoms with E-state index in [1.807, 2.05) is 36.4 Å². The summed E-state index contributed by atoms with van der Waals surface area (Å²) >= 11 is 5.86. The van der Waals surface area contributed by atoms with Gasteiger partial charge >= 0.3 is 0 Å². The molecule has 0 bridgehead atoms. The van der Waals surface area contributed by atoms with Crippen LogP contribution >= 0.6 is 11.6 Å². The lowest BCUT2D eigenvalue weighted by Gasteiger charge is -2.22. The first-order valence-electron chi connectivity index (χ1n) is 7.18. The number of nitrogens with one attached hydrogen (secondary N) is 1. The van der Waals surface area contributed by atoms with Crippen LogP contribution in [-0.4, -0.2) is 13.2 Å². The minimum absolute atomic E-state index is 0.0835. The van der Waals surface area contributed by atoms with Gasteiger partial charge in [0.1, 0.15) is 12.4 Å². The zero-order valence-electron chi connectivity index (χ0n) is 12.8. The fourth-order valence-corrected chi connectivity index (χ4v) is 2.26. The average molecular weight is 304 g/mol. The first-order chi connectivity index (χ1) is 9.97. The molecule has 0 atom stereocenters. The number of halogens is 1. The summed E-state index contributed by atoms with van der Waals surface area (Å²) in [4.78, 5) is 0. The highest BCUT2D eigenvalue weighted by Crippen LogP contribution is 2.30. The lowest BCUT2D eigenvalue weighted by Crippen LogP contribution is -2.16. The SMILES string of the molecule is CC(C)(C)c1ccccc1OCCNc1ccc(Cl)cc1. The summed E-state index contributed by atoms with van der Waals surface area (Å²) in [5.74, 6) is 0.961. The summed E-state index contributed by atoms with van der Waals surface area (Å²) in [7, 11) is 0. The molecule has 0 heterocycles. The molecule has 2 aromatic rings. The number of ether oxygens (including phenoxy) is 1. The van der Waals surface area contributed by atoms with Gasteiger partial charge in [-0.3, -0.25) is 0 Å².